The van der Waals surface area contributed by atoms with Crippen LogP contribution in [0.15, 0.2) is 140 Å². The molecule has 0 fully saturated rings. The lowest BCUT2D eigenvalue weighted by Gasteiger charge is -2.09. The van der Waals surface area contributed by atoms with E-state index in [1.165, 1.54) is 79.3 Å². The smallest absolute Gasteiger partial charge is 0.195 e. The lowest BCUT2D eigenvalue weighted by molar-refractivity contribution is 1.14. The second-order valence-corrected chi connectivity index (χ2v) is 14.1. The van der Waals surface area contributed by atoms with Crippen molar-refractivity contribution < 1.29 is 0 Å². The first kappa shape index (κ1) is 24.8. The molecule has 0 aliphatic rings. The van der Waals surface area contributed by atoms with Gasteiger partial charge in [0, 0.05) is 47.4 Å². The quantitative estimate of drug-likeness (QED) is 0.188. The first-order valence-electron chi connectivity index (χ1n) is 15.5. The number of thiophene rings is 1. The van der Waals surface area contributed by atoms with Crippen molar-refractivity contribution in [1.82, 2.24) is 14.1 Å². The molecule has 0 saturated heterocycles. The van der Waals surface area contributed by atoms with E-state index in [1.807, 2.05) is 11.3 Å². The van der Waals surface area contributed by atoms with Gasteiger partial charge in [0.15, 0.2) is 5.13 Å². The number of nitrogens with zero attached hydrogens (tertiary/aromatic N) is 3. The Kier molecular flexibility index (Phi) is 4.87. The first-order chi connectivity index (χ1) is 22.8. The SMILES string of the molecule is c1ccc2cc3c(cc2c1)c1cc(-n2c4ccccc4c4ccccc42)ccc1n3-c1nc2ccc3sc4ccccc4c3c2s1. The molecule has 0 amide bonds. The molecule has 3 nitrogen and oxygen atoms in total. The normalized spacial score (nSPS) is 12.3. The van der Waals surface area contributed by atoms with Crippen molar-refractivity contribution in [1.29, 1.82) is 0 Å². The Bertz CT molecular complexity index is 2990. The highest BCUT2D eigenvalue weighted by Crippen LogP contribution is 2.44. The third-order valence-corrected chi connectivity index (χ3v) is 11.7. The summed E-state index contributed by atoms with van der Waals surface area (Å²) >= 11 is 3.66. The van der Waals surface area contributed by atoms with Gasteiger partial charge in [-0.15, -0.1) is 11.3 Å². The van der Waals surface area contributed by atoms with Crippen molar-refractivity contribution in [3.63, 3.8) is 0 Å². The van der Waals surface area contributed by atoms with Crippen LogP contribution < -0.4 is 0 Å². The number of thiazole rings is 1. The lowest BCUT2D eigenvalue weighted by atomic mass is 10.1. The lowest BCUT2D eigenvalue weighted by Crippen LogP contribution is -1.95. The minimum absolute atomic E-state index is 0.998. The Morgan fingerprint density at radius 3 is 1.89 bits per heavy atom. The molecule has 0 spiro atoms. The number of rotatable bonds is 2. The van der Waals surface area contributed by atoms with Crippen molar-refractivity contribution in [2.45, 2.75) is 0 Å². The van der Waals surface area contributed by atoms with Gasteiger partial charge in [-0.1, -0.05) is 90.2 Å². The maximum absolute atomic E-state index is 5.31. The Morgan fingerprint density at radius 1 is 0.435 bits per heavy atom. The maximum atomic E-state index is 5.31. The van der Waals surface area contributed by atoms with Gasteiger partial charge in [-0.2, -0.15) is 0 Å². The molecule has 0 saturated carbocycles. The Labute approximate surface area is 270 Å². The summed E-state index contributed by atoms with van der Waals surface area (Å²) in [7, 11) is 0. The van der Waals surface area contributed by atoms with Crippen LogP contribution in [0.1, 0.15) is 0 Å². The van der Waals surface area contributed by atoms with E-state index in [-0.39, 0.29) is 0 Å². The molecule has 0 aliphatic heterocycles. The zero-order valence-electron chi connectivity index (χ0n) is 24.4. The van der Waals surface area contributed by atoms with Crippen LogP contribution in [0.4, 0.5) is 0 Å². The van der Waals surface area contributed by atoms with Gasteiger partial charge in [0.2, 0.25) is 0 Å². The fraction of sp³-hybridized carbons (Fsp3) is 0. The Balaban J connectivity index is 1.24. The van der Waals surface area contributed by atoms with Gasteiger partial charge in [-0.3, -0.25) is 4.57 Å². The fourth-order valence-electron chi connectivity index (χ4n) is 7.52. The van der Waals surface area contributed by atoms with Gasteiger partial charge >= 0.3 is 0 Å². The van der Waals surface area contributed by atoms with Crippen LogP contribution in [0, 0.1) is 0 Å². The molecule has 214 valence electrons. The molecular formula is C41H23N3S2. The van der Waals surface area contributed by atoms with E-state index in [0.717, 1.165) is 16.3 Å². The van der Waals surface area contributed by atoms with E-state index in [9.17, 15) is 0 Å². The third-order valence-electron chi connectivity index (χ3n) is 9.53. The molecule has 0 bridgehead atoms. The van der Waals surface area contributed by atoms with Gasteiger partial charge in [0.05, 0.1) is 32.3 Å². The minimum atomic E-state index is 0.998. The summed E-state index contributed by atoms with van der Waals surface area (Å²) in [6.45, 7) is 0. The van der Waals surface area contributed by atoms with Crippen LogP contribution in [0.5, 0.6) is 0 Å². The number of aromatic nitrogens is 3. The van der Waals surface area contributed by atoms with Gasteiger partial charge in [-0.25, -0.2) is 4.98 Å². The van der Waals surface area contributed by atoms with Gasteiger partial charge in [-0.05, 0) is 71.4 Å². The van der Waals surface area contributed by atoms with Crippen LogP contribution in [-0.2, 0) is 0 Å². The van der Waals surface area contributed by atoms with Crippen molar-refractivity contribution in [3.05, 3.63) is 140 Å². The molecule has 4 aromatic heterocycles. The molecule has 5 heteroatoms. The molecular weight excluding hydrogens is 599 g/mol. The number of benzene rings is 7. The van der Waals surface area contributed by atoms with E-state index in [4.69, 9.17) is 4.98 Å². The fourth-order valence-corrected chi connectivity index (χ4v) is 9.85. The monoisotopic (exact) mass is 621 g/mol. The standard InChI is InChI=1S/C41H23N3S2/c1-2-10-25-22-36-30(21-24(25)9-1)31-23-26(43-33-14-6-3-11-27(33)28-12-4-7-15-34(28)43)17-19-35(31)44(36)41-42-32-18-20-38-39(40(32)46-41)29-13-5-8-16-37(29)45-38/h1-23H. The average Bonchev–Trinajstić information content (AvgIpc) is 3.85. The predicted octanol–water partition coefficient (Wildman–Crippen LogP) is 12.0. The van der Waals surface area contributed by atoms with Crippen LogP contribution in [0.25, 0.3) is 95.6 Å². The predicted molar refractivity (Wildman–Crippen MR) is 199 cm³/mol. The molecule has 0 atom stereocenters. The number of hydrogen-bond acceptors (Lipinski definition) is 3. The van der Waals surface area contributed by atoms with Crippen LogP contribution in [0.3, 0.4) is 0 Å². The van der Waals surface area contributed by atoms with Gasteiger partial charge in [0.25, 0.3) is 0 Å². The Hall–Kier alpha value is -5.49. The second-order valence-electron chi connectivity index (χ2n) is 12.0. The first-order valence-corrected chi connectivity index (χ1v) is 17.1. The van der Waals surface area contributed by atoms with Crippen molar-refractivity contribution in [2.75, 3.05) is 0 Å². The molecule has 0 radical (unpaired) electrons. The summed E-state index contributed by atoms with van der Waals surface area (Å²) in [5.41, 5.74) is 6.99. The highest BCUT2D eigenvalue weighted by molar-refractivity contribution is 7.28. The van der Waals surface area contributed by atoms with E-state index in [2.05, 4.69) is 149 Å². The number of fused-ring (bicyclic) bond motifs is 12. The van der Waals surface area contributed by atoms with E-state index in [0.29, 0.717) is 0 Å². The summed E-state index contributed by atoms with van der Waals surface area (Å²) in [6, 6.07) is 50.9. The molecule has 46 heavy (non-hydrogen) atoms. The zero-order valence-corrected chi connectivity index (χ0v) is 26.1. The topological polar surface area (TPSA) is 22.8 Å². The Morgan fingerprint density at radius 2 is 1.09 bits per heavy atom. The van der Waals surface area contributed by atoms with Crippen molar-refractivity contribution in [2.24, 2.45) is 0 Å². The largest absolute Gasteiger partial charge is 0.309 e. The summed E-state index contributed by atoms with van der Waals surface area (Å²) in [4.78, 5) is 5.31. The summed E-state index contributed by atoms with van der Waals surface area (Å²) in [6.07, 6.45) is 0. The van der Waals surface area contributed by atoms with E-state index >= 15 is 0 Å². The van der Waals surface area contributed by atoms with Crippen LogP contribution >= 0.6 is 22.7 Å². The highest BCUT2D eigenvalue weighted by atomic mass is 32.1. The zero-order chi connectivity index (χ0) is 29.9. The highest BCUT2D eigenvalue weighted by Gasteiger charge is 2.20. The molecule has 11 rings (SSSR count). The van der Waals surface area contributed by atoms with Crippen molar-refractivity contribution in [3.8, 4) is 10.8 Å². The second kappa shape index (κ2) is 9.04. The van der Waals surface area contributed by atoms with Gasteiger partial charge < -0.3 is 4.57 Å². The number of para-hydroxylation sites is 2. The van der Waals surface area contributed by atoms with Gasteiger partial charge in [0.1, 0.15) is 0 Å². The molecule has 11 aromatic rings. The maximum Gasteiger partial charge on any atom is 0.195 e. The average molecular weight is 622 g/mol. The molecule has 4 heterocycles. The van der Waals surface area contributed by atoms with Crippen molar-refractivity contribution >= 4 is 107 Å². The van der Waals surface area contributed by atoms with Crippen LogP contribution in [-0.4, -0.2) is 14.1 Å². The summed E-state index contributed by atoms with van der Waals surface area (Å²) < 4.78 is 8.68. The van der Waals surface area contributed by atoms with E-state index in [1.54, 1.807) is 11.3 Å². The summed E-state index contributed by atoms with van der Waals surface area (Å²) in [5.74, 6) is 0. The number of hydrogen-bond donors (Lipinski definition) is 0. The molecule has 7 aromatic carbocycles. The van der Waals surface area contributed by atoms with E-state index < -0.39 is 0 Å². The third kappa shape index (κ3) is 3.28. The van der Waals surface area contributed by atoms with Crippen LogP contribution in [0.2, 0.25) is 0 Å². The molecule has 0 aliphatic carbocycles. The molecule has 0 N–H and O–H groups in total. The molecule has 0 unspecified atom stereocenters. The summed E-state index contributed by atoms with van der Waals surface area (Å²) in [5, 5.41) is 11.1. The minimum Gasteiger partial charge on any atom is -0.309 e.